The number of aromatic nitrogens is 1. The number of amides is 1. The number of benzene rings is 2. The second kappa shape index (κ2) is 7.00. The van der Waals surface area contributed by atoms with Gasteiger partial charge in [-0.15, -0.1) is 0 Å². The molecule has 0 bridgehead atoms. The van der Waals surface area contributed by atoms with Gasteiger partial charge in [0.25, 0.3) is 5.91 Å². The molecule has 0 unspecified atom stereocenters. The van der Waals surface area contributed by atoms with Crippen molar-refractivity contribution in [3.8, 4) is 17.1 Å². The van der Waals surface area contributed by atoms with E-state index in [2.05, 4.69) is 10.5 Å². The van der Waals surface area contributed by atoms with Crippen molar-refractivity contribution in [2.45, 2.75) is 13.8 Å². The Hall–Kier alpha value is -3.08. The zero-order chi connectivity index (χ0) is 16.9. The Labute approximate surface area is 140 Å². The Morgan fingerprint density at radius 3 is 2.67 bits per heavy atom. The standard InChI is InChI=1S/C19H18N2O3/c1-3-23-17-7-5-4-6-16(17)21-19(22)15-12-20-24-18(15)14-10-8-13(2)9-11-14/h4-12H,3H2,1-2H3,(H,21,22). The number of anilines is 1. The molecule has 1 amide bonds. The first-order chi connectivity index (χ1) is 11.7. The zero-order valence-electron chi connectivity index (χ0n) is 13.6. The van der Waals surface area contributed by atoms with Crippen molar-refractivity contribution in [2.24, 2.45) is 0 Å². The Morgan fingerprint density at radius 2 is 1.92 bits per heavy atom. The van der Waals surface area contributed by atoms with Crippen molar-refractivity contribution in [3.05, 3.63) is 65.9 Å². The highest BCUT2D eigenvalue weighted by atomic mass is 16.5. The van der Waals surface area contributed by atoms with Crippen LogP contribution < -0.4 is 10.1 Å². The summed E-state index contributed by atoms with van der Waals surface area (Å²) in [6, 6.07) is 15.0. The highest BCUT2D eigenvalue weighted by Gasteiger charge is 2.19. The minimum absolute atomic E-state index is 0.293. The van der Waals surface area contributed by atoms with E-state index in [1.807, 2.05) is 56.3 Å². The molecule has 2 aromatic carbocycles. The molecule has 0 fully saturated rings. The van der Waals surface area contributed by atoms with E-state index in [9.17, 15) is 4.79 Å². The lowest BCUT2D eigenvalue weighted by atomic mass is 10.1. The van der Waals surface area contributed by atoms with Gasteiger partial charge in [0, 0.05) is 5.56 Å². The molecule has 5 nitrogen and oxygen atoms in total. The molecule has 24 heavy (non-hydrogen) atoms. The van der Waals surface area contributed by atoms with E-state index in [4.69, 9.17) is 9.26 Å². The third kappa shape index (κ3) is 3.30. The summed E-state index contributed by atoms with van der Waals surface area (Å²) in [5, 5.41) is 6.63. The number of hydrogen-bond acceptors (Lipinski definition) is 4. The van der Waals surface area contributed by atoms with Gasteiger partial charge in [-0.2, -0.15) is 0 Å². The number of carbonyl (C=O) groups excluding carboxylic acids is 1. The second-order valence-corrected chi connectivity index (χ2v) is 5.32. The first kappa shape index (κ1) is 15.8. The first-order valence-corrected chi connectivity index (χ1v) is 7.74. The zero-order valence-corrected chi connectivity index (χ0v) is 13.6. The maximum atomic E-state index is 12.6. The van der Waals surface area contributed by atoms with Crippen LogP contribution in [0, 0.1) is 6.92 Å². The summed E-state index contributed by atoms with van der Waals surface area (Å²) in [5.41, 5.74) is 2.93. The molecule has 1 N–H and O–H groups in total. The minimum Gasteiger partial charge on any atom is -0.492 e. The fourth-order valence-electron chi connectivity index (χ4n) is 2.36. The van der Waals surface area contributed by atoms with Crippen LogP contribution in [-0.2, 0) is 0 Å². The van der Waals surface area contributed by atoms with Gasteiger partial charge >= 0.3 is 0 Å². The van der Waals surface area contributed by atoms with Gasteiger partial charge in [0.15, 0.2) is 5.76 Å². The van der Waals surface area contributed by atoms with Crippen LogP contribution in [0.4, 0.5) is 5.69 Å². The summed E-state index contributed by atoms with van der Waals surface area (Å²) < 4.78 is 10.8. The van der Waals surface area contributed by atoms with E-state index in [0.717, 1.165) is 11.1 Å². The smallest absolute Gasteiger partial charge is 0.261 e. The topological polar surface area (TPSA) is 64.4 Å². The number of aryl methyl sites for hydroxylation is 1. The average Bonchev–Trinajstić information content (AvgIpc) is 3.07. The lowest BCUT2D eigenvalue weighted by molar-refractivity contribution is 0.102. The highest BCUT2D eigenvalue weighted by Crippen LogP contribution is 2.27. The third-order valence-corrected chi connectivity index (χ3v) is 3.56. The summed E-state index contributed by atoms with van der Waals surface area (Å²) in [7, 11) is 0. The number of rotatable bonds is 5. The molecule has 1 heterocycles. The average molecular weight is 322 g/mol. The van der Waals surface area contributed by atoms with Crippen LogP contribution in [0.3, 0.4) is 0 Å². The van der Waals surface area contributed by atoms with Gasteiger partial charge in [-0.3, -0.25) is 4.79 Å². The normalized spacial score (nSPS) is 10.4. The van der Waals surface area contributed by atoms with Crippen molar-refractivity contribution in [2.75, 3.05) is 11.9 Å². The Bertz CT molecular complexity index is 838. The van der Waals surface area contributed by atoms with Crippen molar-refractivity contribution in [1.82, 2.24) is 5.16 Å². The lowest BCUT2D eigenvalue weighted by Crippen LogP contribution is -2.13. The molecule has 0 aliphatic rings. The summed E-state index contributed by atoms with van der Waals surface area (Å²) in [6.45, 7) is 4.42. The molecule has 0 saturated heterocycles. The largest absolute Gasteiger partial charge is 0.492 e. The van der Waals surface area contributed by atoms with Crippen molar-refractivity contribution in [3.63, 3.8) is 0 Å². The van der Waals surface area contributed by atoms with Crippen LogP contribution >= 0.6 is 0 Å². The molecule has 0 aliphatic carbocycles. The Balaban J connectivity index is 1.87. The van der Waals surface area contributed by atoms with Crippen molar-refractivity contribution < 1.29 is 14.1 Å². The number of nitrogens with zero attached hydrogens (tertiary/aromatic N) is 1. The van der Waals surface area contributed by atoms with Crippen LogP contribution in [0.15, 0.2) is 59.3 Å². The predicted octanol–water partition coefficient (Wildman–Crippen LogP) is 4.30. The molecular weight excluding hydrogens is 304 g/mol. The fraction of sp³-hybridized carbons (Fsp3) is 0.158. The van der Waals surface area contributed by atoms with Crippen molar-refractivity contribution in [1.29, 1.82) is 0 Å². The van der Waals surface area contributed by atoms with Gasteiger partial charge in [-0.1, -0.05) is 47.1 Å². The molecule has 3 rings (SSSR count). The van der Waals surface area contributed by atoms with Crippen LogP contribution in [0.2, 0.25) is 0 Å². The Morgan fingerprint density at radius 1 is 1.17 bits per heavy atom. The molecular formula is C19H18N2O3. The molecule has 0 spiro atoms. The third-order valence-electron chi connectivity index (χ3n) is 3.56. The molecule has 0 saturated carbocycles. The van der Waals surface area contributed by atoms with Gasteiger partial charge in [-0.25, -0.2) is 0 Å². The number of ether oxygens (including phenoxy) is 1. The van der Waals surface area contributed by atoms with Crippen LogP contribution in [-0.4, -0.2) is 17.7 Å². The summed E-state index contributed by atoms with van der Waals surface area (Å²) in [4.78, 5) is 12.6. The molecule has 1 aromatic heterocycles. The molecule has 122 valence electrons. The highest BCUT2D eigenvalue weighted by molar-refractivity contribution is 6.08. The summed E-state index contributed by atoms with van der Waals surface area (Å²) >= 11 is 0. The first-order valence-electron chi connectivity index (χ1n) is 7.74. The molecule has 5 heteroatoms. The van der Waals surface area contributed by atoms with Gasteiger partial charge in [0.2, 0.25) is 0 Å². The summed E-state index contributed by atoms with van der Waals surface area (Å²) in [6.07, 6.45) is 1.42. The molecule has 0 radical (unpaired) electrons. The number of nitrogens with one attached hydrogen (secondary N) is 1. The van der Waals surface area contributed by atoms with E-state index in [1.165, 1.54) is 6.20 Å². The van der Waals surface area contributed by atoms with Gasteiger partial charge in [0.05, 0.1) is 18.5 Å². The Kier molecular flexibility index (Phi) is 4.61. The summed E-state index contributed by atoms with van der Waals surface area (Å²) in [5.74, 6) is 0.780. The van der Waals surface area contributed by atoms with E-state index < -0.39 is 0 Å². The number of hydrogen-bond donors (Lipinski definition) is 1. The predicted molar refractivity (Wildman–Crippen MR) is 92.2 cm³/mol. The van der Waals surface area contributed by atoms with E-state index in [-0.39, 0.29) is 5.91 Å². The lowest BCUT2D eigenvalue weighted by Gasteiger charge is -2.11. The van der Waals surface area contributed by atoms with E-state index in [0.29, 0.717) is 29.4 Å². The van der Waals surface area contributed by atoms with Crippen LogP contribution in [0.1, 0.15) is 22.8 Å². The maximum Gasteiger partial charge on any atom is 0.261 e. The molecule has 3 aromatic rings. The minimum atomic E-state index is -0.293. The maximum absolute atomic E-state index is 12.6. The molecule has 0 atom stereocenters. The number of para-hydroxylation sites is 2. The van der Waals surface area contributed by atoms with Crippen LogP contribution in [0.5, 0.6) is 5.75 Å². The van der Waals surface area contributed by atoms with Gasteiger partial charge in [0.1, 0.15) is 11.3 Å². The van der Waals surface area contributed by atoms with Crippen LogP contribution in [0.25, 0.3) is 11.3 Å². The number of carbonyl (C=O) groups is 1. The molecule has 0 aliphatic heterocycles. The fourth-order valence-corrected chi connectivity index (χ4v) is 2.36. The van der Waals surface area contributed by atoms with E-state index in [1.54, 1.807) is 6.07 Å². The van der Waals surface area contributed by atoms with Gasteiger partial charge in [-0.05, 0) is 26.0 Å². The van der Waals surface area contributed by atoms with E-state index >= 15 is 0 Å². The van der Waals surface area contributed by atoms with Gasteiger partial charge < -0.3 is 14.6 Å². The second-order valence-electron chi connectivity index (χ2n) is 5.32. The quantitative estimate of drug-likeness (QED) is 0.760. The van der Waals surface area contributed by atoms with Crippen molar-refractivity contribution >= 4 is 11.6 Å². The SMILES string of the molecule is CCOc1ccccc1NC(=O)c1cnoc1-c1ccc(C)cc1. The monoisotopic (exact) mass is 322 g/mol.